The van der Waals surface area contributed by atoms with Crippen LogP contribution in [0.1, 0.15) is 19.8 Å². The van der Waals surface area contributed by atoms with E-state index in [-0.39, 0.29) is 5.91 Å². The smallest absolute Gasteiger partial charge is 0.238 e. The number of hydrogen-bond donors (Lipinski definition) is 2. The van der Waals surface area contributed by atoms with Gasteiger partial charge in [-0.15, -0.1) is 0 Å². The standard InChI is InChI=1S/C15H22ClN3O/c1-11-9-12(7-8-19(11)2)17-10-15(20)18-14-6-4-3-5-13(14)16/h3-6,11-12,17H,7-10H2,1-2H3,(H,18,20). The van der Waals surface area contributed by atoms with Crippen molar-refractivity contribution in [3.63, 3.8) is 0 Å². The number of para-hydroxylation sites is 1. The second kappa shape index (κ2) is 7.07. The molecule has 0 aromatic heterocycles. The Morgan fingerprint density at radius 3 is 2.90 bits per heavy atom. The number of rotatable bonds is 4. The molecule has 110 valence electrons. The molecule has 1 heterocycles. The van der Waals surface area contributed by atoms with Gasteiger partial charge in [-0.3, -0.25) is 4.79 Å². The molecular formula is C15H22ClN3O. The van der Waals surface area contributed by atoms with Crippen LogP contribution in [0.15, 0.2) is 24.3 Å². The summed E-state index contributed by atoms with van der Waals surface area (Å²) in [5.41, 5.74) is 0.665. The first kappa shape index (κ1) is 15.3. The van der Waals surface area contributed by atoms with E-state index in [1.54, 1.807) is 12.1 Å². The second-order valence-electron chi connectivity index (χ2n) is 5.46. The minimum atomic E-state index is -0.0512. The topological polar surface area (TPSA) is 44.4 Å². The second-order valence-corrected chi connectivity index (χ2v) is 5.87. The van der Waals surface area contributed by atoms with Crippen molar-refractivity contribution >= 4 is 23.2 Å². The highest BCUT2D eigenvalue weighted by Gasteiger charge is 2.22. The number of amides is 1. The number of nitrogens with one attached hydrogen (secondary N) is 2. The van der Waals surface area contributed by atoms with Crippen LogP contribution in [0.2, 0.25) is 5.02 Å². The van der Waals surface area contributed by atoms with Crippen molar-refractivity contribution < 1.29 is 4.79 Å². The molecule has 2 unspecified atom stereocenters. The predicted molar refractivity (Wildman–Crippen MR) is 83.2 cm³/mol. The van der Waals surface area contributed by atoms with E-state index in [1.165, 1.54) is 0 Å². The number of piperidine rings is 1. The van der Waals surface area contributed by atoms with Gasteiger partial charge in [-0.1, -0.05) is 23.7 Å². The number of hydrogen-bond acceptors (Lipinski definition) is 3. The Kier molecular flexibility index (Phi) is 5.40. The Hall–Kier alpha value is -1.10. The maximum atomic E-state index is 11.9. The first-order chi connectivity index (χ1) is 9.56. The molecule has 0 saturated carbocycles. The lowest BCUT2D eigenvalue weighted by molar-refractivity contribution is -0.115. The summed E-state index contributed by atoms with van der Waals surface area (Å²) in [6, 6.07) is 8.25. The van der Waals surface area contributed by atoms with Gasteiger partial charge in [-0.05, 0) is 45.5 Å². The van der Waals surface area contributed by atoms with Crippen molar-refractivity contribution in [1.82, 2.24) is 10.2 Å². The summed E-state index contributed by atoms with van der Waals surface area (Å²) in [7, 11) is 2.14. The number of likely N-dealkylation sites (tertiary alicyclic amines) is 1. The molecule has 4 nitrogen and oxygen atoms in total. The van der Waals surface area contributed by atoms with Gasteiger partial charge >= 0.3 is 0 Å². The van der Waals surface area contributed by atoms with E-state index in [2.05, 4.69) is 29.5 Å². The zero-order valence-corrected chi connectivity index (χ0v) is 12.8. The van der Waals surface area contributed by atoms with Crippen molar-refractivity contribution in [3.05, 3.63) is 29.3 Å². The summed E-state index contributed by atoms with van der Waals surface area (Å²) in [4.78, 5) is 14.3. The van der Waals surface area contributed by atoms with Crippen molar-refractivity contribution in [2.24, 2.45) is 0 Å². The molecule has 0 spiro atoms. The highest BCUT2D eigenvalue weighted by molar-refractivity contribution is 6.33. The number of anilines is 1. The van der Waals surface area contributed by atoms with Crippen LogP contribution in [0.5, 0.6) is 0 Å². The molecule has 0 bridgehead atoms. The van der Waals surface area contributed by atoms with E-state index in [0.717, 1.165) is 19.4 Å². The van der Waals surface area contributed by atoms with Gasteiger partial charge in [0.1, 0.15) is 0 Å². The molecule has 2 atom stereocenters. The molecule has 1 aliphatic heterocycles. The van der Waals surface area contributed by atoms with Gasteiger partial charge in [0.2, 0.25) is 5.91 Å². The zero-order valence-electron chi connectivity index (χ0n) is 12.0. The average Bonchev–Trinajstić information content (AvgIpc) is 2.43. The van der Waals surface area contributed by atoms with Crippen LogP contribution in [0.25, 0.3) is 0 Å². The summed E-state index contributed by atoms with van der Waals surface area (Å²) < 4.78 is 0. The summed E-state index contributed by atoms with van der Waals surface area (Å²) in [5.74, 6) is -0.0512. The van der Waals surface area contributed by atoms with Gasteiger partial charge < -0.3 is 15.5 Å². The normalized spacial score (nSPS) is 23.6. The van der Waals surface area contributed by atoms with Crippen molar-refractivity contribution in [2.75, 3.05) is 25.5 Å². The molecule has 2 rings (SSSR count). The number of halogens is 1. The molecule has 1 aromatic rings. The highest BCUT2D eigenvalue weighted by atomic mass is 35.5. The summed E-state index contributed by atoms with van der Waals surface area (Å²) in [6.45, 7) is 3.62. The Balaban J connectivity index is 1.77. The third kappa shape index (κ3) is 4.20. The van der Waals surface area contributed by atoms with Crippen LogP contribution >= 0.6 is 11.6 Å². The van der Waals surface area contributed by atoms with Crippen molar-refractivity contribution in [3.8, 4) is 0 Å². The lowest BCUT2D eigenvalue weighted by atomic mass is 9.99. The van der Waals surface area contributed by atoms with Gasteiger partial charge in [0.05, 0.1) is 17.3 Å². The minimum Gasteiger partial charge on any atom is -0.324 e. The van der Waals surface area contributed by atoms with Crippen LogP contribution in [0.3, 0.4) is 0 Å². The monoisotopic (exact) mass is 295 g/mol. The fourth-order valence-corrected chi connectivity index (χ4v) is 2.65. The van der Waals surface area contributed by atoms with E-state index < -0.39 is 0 Å². The molecule has 1 saturated heterocycles. The largest absolute Gasteiger partial charge is 0.324 e. The average molecular weight is 296 g/mol. The third-order valence-electron chi connectivity index (χ3n) is 3.91. The summed E-state index contributed by atoms with van der Waals surface area (Å²) in [6.07, 6.45) is 2.16. The first-order valence-corrected chi connectivity index (χ1v) is 7.42. The molecule has 1 amide bonds. The zero-order chi connectivity index (χ0) is 14.5. The molecule has 5 heteroatoms. The Morgan fingerprint density at radius 1 is 1.45 bits per heavy atom. The molecule has 0 aliphatic carbocycles. The number of nitrogens with zero attached hydrogens (tertiary/aromatic N) is 1. The van der Waals surface area contributed by atoms with Crippen LogP contribution in [-0.2, 0) is 4.79 Å². The quantitative estimate of drug-likeness (QED) is 0.896. The van der Waals surface area contributed by atoms with Crippen molar-refractivity contribution in [1.29, 1.82) is 0 Å². The Labute approximate surface area is 125 Å². The molecule has 0 radical (unpaired) electrons. The van der Waals surface area contributed by atoms with Gasteiger partial charge in [0.25, 0.3) is 0 Å². The van der Waals surface area contributed by atoms with Crippen LogP contribution in [0, 0.1) is 0 Å². The number of carbonyl (C=O) groups excluding carboxylic acids is 1. The number of carbonyl (C=O) groups is 1. The maximum Gasteiger partial charge on any atom is 0.238 e. The third-order valence-corrected chi connectivity index (χ3v) is 4.24. The summed E-state index contributed by atoms with van der Waals surface area (Å²) >= 11 is 6.01. The first-order valence-electron chi connectivity index (χ1n) is 7.04. The number of benzene rings is 1. The maximum absolute atomic E-state index is 11.9. The Morgan fingerprint density at radius 2 is 2.20 bits per heavy atom. The molecule has 1 aromatic carbocycles. The molecule has 2 N–H and O–H groups in total. The van der Waals surface area contributed by atoms with E-state index in [9.17, 15) is 4.79 Å². The fourth-order valence-electron chi connectivity index (χ4n) is 2.47. The van der Waals surface area contributed by atoms with E-state index in [1.807, 2.05) is 12.1 Å². The fraction of sp³-hybridized carbons (Fsp3) is 0.533. The van der Waals surface area contributed by atoms with E-state index >= 15 is 0 Å². The molecule has 1 fully saturated rings. The SMILES string of the molecule is CC1CC(NCC(=O)Nc2ccccc2Cl)CCN1C. The van der Waals surface area contributed by atoms with Crippen LogP contribution < -0.4 is 10.6 Å². The minimum absolute atomic E-state index is 0.0512. The predicted octanol–water partition coefficient (Wildman–Crippen LogP) is 2.35. The van der Waals surface area contributed by atoms with Crippen LogP contribution in [0.4, 0.5) is 5.69 Å². The van der Waals surface area contributed by atoms with Crippen molar-refractivity contribution in [2.45, 2.75) is 31.8 Å². The van der Waals surface area contributed by atoms with Gasteiger partial charge in [0.15, 0.2) is 0 Å². The highest BCUT2D eigenvalue weighted by Crippen LogP contribution is 2.20. The molecule has 1 aliphatic rings. The van der Waals surface area contributed by atoms with Crippen LogP contribution in [-0.4, -0.2) is 43.0 Å². The molecule has 20 heavy (non-hydrogen) atoms. The van der Waals surface area contributed by atoms with E-state index in [4.69, 9.17) is 11.6 Å². The lowest BCUT2D eigenvalue weighted by Gasteiger charge is -2.35. The lowest BCUT2D eigenvalue weighted by Crippen LogP contribution is -2.47. The van der Waals surface area contributed by atoms with Gasteiger partial charge in [-0.25, -0.2) is 0 Å². The molecular weight excluding hydrogens is 274 g/mol. The van der Waals surface area contributed by atoms with Gasteiger partial charge in [-0.2, -0.15) is 0 Å². The Bertz CT molecular complexity index is 466. The van der Waals surface area contributed by atoms with Gasteiger partial charge in [0, 0.05) is 12.1 Å². The summed E-state index contributed by atoms with van der Waals surface area (Å²) in [5, 5.41) is 6.72. The van der Waals surface area contributed by atoms with E-state index in [0.29, 0.717) is 29.3 Å².